The fourth-order valence-electron chi connectivity index (χ4n) is 2.99. The summed E-state index contributed by atoms with van der Waals surface area (Å²) in [5.41, 5.74) is 0.760. The number of carboxylic acid groups (broad SMARTS) is 1. The van der Waals surface area contributed by atoms with Gasteiger partial charge in [0.25, 0.3) is 5.91 Å². The van der Waals surface area contributed by atoms with Gasteiger partial charge in [-0.25, -0.2) is 0 Å². The van der Waals surface area contributed by atoms with Crippen molar-refractivity contribution >= 4 is 29.4 Å². The maximum Gasteiger partial charge on any atom is 0.308 e. The quantitative estimate of drug-likeness (QED) is 0.702. The molecule has 1 atom stereocenters. The highest BCUT2D eigenvalue weighted by Gasteiger charge is 2.42. The molecule has 6 nitrogen and oxygen atoms in total. The zero-order valence-corrected chi connectivity index (χ0v) is 16.1. The Balaban J connectivity index is 2.49. The number of carbonyl (C=O) groups excluding carboxylic acids is 2. The number of ketones is 1. The topological polar surface area (TPSA) is 83.9 Å². The Morgan fingerprint density at radius 1 is 1.27 bits per heavy atom. The van der Waals surface area contributed by atoms with Gasteiger partial charge < -0.3 is 14.7 Å². The summed E-state index contributed by atoms with van der Waals surface area (Å²) in [5.74, 6) is -0.985. The highest BCUT2D eigenvalue weighted by atomic mass is 32.2. The van der Waals surface area contributed by atoms with Gasteiger partial charge in [0.1, 0.15) is 11.1 Å². The summed E-state index contributed by atoms with van der Waals surface area (Å²) >= 11 is 1.36. The van der Waals surface area contributed by atoms with Crippen LogP contribution in [0.15, 0.2) is 35.4 Å². The second kappa shape index (κ2) is 8.40. The van der Waals surface area contributed by atoms with Gasteiger partial charge in [-0.2, -0.15) is 0 Å². The van der Waals surface area contributed by atoms with Crippen molar-refractivity contribution in [1.82, 2.24) is 4.90 Å². The summed E-state index contributed by atoms with van der Waals surface area (Å²) in [6.45, 7) is 4.42. The average molecular weight is 377 g/mol. The van der Waals surface area contributed by atoms with Crippen molar-refractivity contribution in [1.29, 1.82) is 0 Å². The van der Waals surface area contributed by atoms with E-state index < -0.39 is 17.8 Å². The molecule has 0 saturated carbocycles. The summed E-state index contributed by atoms with van der Waals surface area (Å²) in [4.78, 5) is 38.8. The van der Waals surface area contributed by atoms with Crippen molar-refractivity contribution in [2.24, 2.45) is 5.92 Å². The summed E-state index contributed by atoms with van der Waals surface area (Å²) in [5, 5.41) is 8.74. The molecule has 0 bridgehead atoms. The van der Waals surface area contributed by atoms with Gasteiger partial charge >= 0.3 is 5.97 Å². The third-order valence-electron chi connectivity index (χ3n) is 4.08. The molecule has 0 fully saturated rings. The Bertz CT molecular complexity index is 739. The summed E-state index contributed by atoms with van der Waals surface area (Å²) in [7, 11) is 1.54. The third-order valence-corrected chi connectivity index (χ3v) is 5.02. The van der Waals surface area contributed by atoms with Crippen molar-refractivity contribution in [3.8, 4) is 5.75 Å². The molecule has 0 aromatic heterocycles. The maximum absolute atomic E-state index is 13.1. The van der Waals surface area contributed by atoms with E-state index in [-0.39, 0.29) is 28.8 Å². The van der Waals surface area contributed by atoms with E-state index in [1.165, 1.54) is 18.9 Å². The molecule has 0 spiro atoms. The molecule has 26 heavy (non-hydrogen) atoms. The van der Waals surface area contributed by atoms with Gasteiger partial charge in [0.2, 0.25) is 0 Å². The Morgan fingerprint density at radius 2 is 1.88 bits per heavy atom. The molecule has 2 rings (SSSR count). The van der Waals surface area contributed by atoms with Crippen molar-refractivity contribution in [2.45, 2.75) is 25.6 Å². The number of benzene rings is 1. The second-order valence-electron chi connectivity index (χ2n) is 6.46. The molecule has 0 aliphatic carbocycles. The lowest BCUT2D eigenvalue weighted by Crippen LogP contribution is -2.37. The Kier molecular flexibility index (Phi) is 6.47. The molecule has 1 aliphatic heterocycles. The predicted octanol–water partition coefficient (Wildman–Crippen LogP) is 2.84. The lowest BCUT2D eigenvalue weighted by molar-refractivity contribution is -0.137. The Labute approximate surface area is 157 Å². The van der Waals surface area contributed by atoms with Gasteiger partial charge in [0, 0.05) is 23.3 Å². The minimum Gasteiger partial charge on any atom is -0.497 e. The first kappa shape index (κ1) is 20.0. The molecule has 1 aromatic carbocycles. The molecular weight excluding hydrogens is 354 g/mol. The van der Waals surface area contributed by atoms with E-state index in [1.54, 1.807) is 29.2 Å². The number of carboxylic acids is 1. The van der Waals surface area contributed by atoms with E-state index in [4.69, 9.17) is 4.74 Å². The monoisotopic (exact) mass is 377 g/mol. The van der Waals surface area contributed by atoms with E-state index in [2.05, 4.69) is 0 Å². The summed E-state index contributed by atoms with van der Waals surface area (Å²) < 4.78 is 5.10. The summed E-state index contributed by atoms with van der Waals surface area (Å²) in [6, 6.07) is 6.59. The zero-order chi connectivity index (χ0) is 19.4. The van der Waals surface area contributed by atoms with Gasteiger partial charge in [-0.1, -0.05) is 13.8 Å². The molecule has 7 heteroatoms. The first-order valence-electron chi connectivity index (χ1n) is 8.27. The molecule has 1 aliphatic rings. The van der Waals surface area contributed by atoms with Gasteiger partial charge in [-0.05, 0) is 36.4 Å². The molecule has 140 valence electrons. The number of carbonyl (C=O) groups is 3. The van der Waals surface area contributed by atoms with Gasteiger partial charge in [-0.15, -0.1) is 11.8 Å². The Morgan fingerprint density at radius 3 is 2.35 bits per heavy atom. The molecule has 1 amide bonds. The number of aliphatic carboxylic acids is 1. The van der Waals surface area contributed by atoms with Crippen molar-refractivity contribution in [2.75, 3.05) is 19.9 Å². The van der Waals surface area contributed by atoms with Crippen molar-refractivity contribution in [3.63, 3.8) is 0 Å². The first-order chi connectivity index (χ1) is 12.3. The highest BCUT2D eigenvalue weighted by molar-refractivity contribution is 7.99. The van der Waals surface area contributed by atoms with Crippen LogP contribution in [0.5, 0.6) is 5.75 Å². The average Bonchev–Trinajstić information content (AvgIpc) is 2.85. The number of methoxy groups -OCH3 is 1. The van der Waals surface area contributed by atoms with Crippen LogP contribution in [0.2, 0.25) is 0 Å². The molecule has 1 aromatic rings. The molecular formula is C19H23NO5S. The van der Waals surface area contributed by atoms with Crippen LogP contribution in [0.3, 0.4) is 0 Å². The van der Waals surface area contributed by atoms with E-state index in [1.807, 2.05) is 20.1 Å². The third kappa shape index (κ3) is 4.09. The molecule has 1 N–H and O–H groups in total. The number of thioether (sulfide) groups is 1. The van der Waals surface area contributed by atoms with Crippen LogP contribution in [-0.4, -0.2) is 53.0 Å². The van der Waals surface area contributed by atoms with Crippen LogP contribution in [0.4, 0.5) is 0 Å². The summed E-state index contributed by atoms with van der Waals surface area (Å²) in [6.07, 6.45) is 1.36. The van der Waals surface area contributed by atoms with E-state index in [0.29, 0.717) is 17.9 Å². The molecule has 0 unspecified atom stereocenters. The number of rotatable bonds is 8. The maximum atomic E-state index is 13.1. The number of hydrogen-bond donors (Lipinski definition) is 1. The van der Waals surface area contributed by atoms with Crippen LogP contribution in [0.25, 0.3) is 0 Å². The predicted molar refractivity (Wildman–Crippen MR) is 100 cm³/mol. The van der Waals surface area contributed by atoms with Crippen LogP contribution in [0.1, 0.15) is 30.6 Å². The lowest BCUT2D eigenvalue weighted by Gasteiger charge is -2.27. The lowest BCUT2D eigenvalue weighted by atomic mass is 9.98. The van der Waals surface area contributed by atoms with Gasteiger partial charge in [0.15, 0.2) is 5.78 Å². The van der Waals surface area contributed by atoms with Crippen LogP contribution >= 0.6 is 11.8 Å². The number of nitrogens with zero attached hydrogens (tertiary/aromatic N) is 1. The normalized spacial score (nSPS) is 17.2. The van der Waals surface area contributed by atoms with E-state index in [0.717, 1.165) is 0 Å². The van der Waals surface area contributed by atoms with Crippen LogP contribution in [-0.2, 0) is 9.59 Å². The van der Waals surface area contributed by atoms with Crippen molar-refractivity contribution < 1.29 is 24.2 Å². The fraction of sp³-hybridized carbons (Fsp3) is 0.421. The highest BCUT2D eigenvalue weighted by Crippen LogP contribution is 2.36. The largest absolute Gasteiger partial charge is 0.497 e. The van der Waals surface area contributed by atoms with Crippen molar-refractivity contribution in [3.05, 3.63) is 41.0 Å². The minimum atomic E-state index is -1.13. The number of amides is 1. The molecule has 0 radical (unpaired) electrons. The van der Waals surface area contributed by atoms with Gasteiger partial charge in [-0.3, -0.25) is 14.4 Å². The second-order valence-corrected chi connectivity index (χ2v) is 7.38. The SMILES string of the molecule is COc1ccc(C(=O)C2=C(CC(=O)O)C(=O)N(CC(C)C)[C@@H]2SC)cc1. The van der Waals surface area contributed by atoms with Crippen LogP contribution in [0, 0.1) is 5.92 Å². The van der Waals surface area contributed by atoms with E-state index in [9.17, 15) is 19.5 Å². The smallest absolute Gasteiger partial charge is 0.308 e. The fourth-order valence-corrected chi connectivity index (χ4v) is 3.91. The molecule has 0 saturated heterocycles. The standard InChI is InChI=1S/C19H23NO5S/c1-11(2)10-20-18(24)14(9-15(21)22)16(19(20)26-4)17(23)12-5-7-13(25-3)8-6-12/h5-8,11,19H,9-10H2,1-4H3,(H,21,22)/t19-/m1/s1. The molecule has 1 heterocycles. The minimum absolute atomic E-state index is 0.0818. The first-order valence-corrected chi connectivity index (χ1v) is 9.56. The Hall–Kier alpha value is -2.28. The number of Topliss-reactive ketones (excluding diaryl/α,β-unsaturated/α-hetero) is 1. The van der Waals surface area contributed by atoms with Gasteiger partial charge in [0.05, 0.1) is 13.5 Å². The number of hydrogen-bond acceptors (Lipinski definition) is 5. The zero-order valence-electron chi connectivity index (χ0n) is 15.3. The van der Waals surface area contributed by atoms with Crippen LogP contribution < -0.4 is 4.74 Å². The number of ether oxygens (including phenoxy) is 1. The van der Waals surface area contributed by atoms with E-state index >= 15 is 0 Å².